The average molecular weight is 487 g/mol. The van der Waals surface area contributed by atoms with E-state index in [9.17, 15) is 4.79 Å². The lowest BCUT2D eigenvalue weighted by atomic mass is 9.89. The summed E-state index contributed by atoms with van der Waals surface area (Å²) in [5.74, 6) is 0.518. The number of benzene rings is 2. The molecule has 35 heavy (non-hydrogen) atoms. The third-order valence-electron chi connectivity index (χ3n) is 7.01. The fourth-order valence-corrected chi connectivity index (χ4v) is 5.11. The maximum absolute atomic E-state index is 13.0. The Bertz CT molecular complexity index is 1320. The first-order valence-electron chi connectivity index (χ1n) is 12.4. The Hall–Kier alpha value is -3.31. The van der Waals surface area contributed by atoms with E-state index in [0.717, 1.165) is 24.3 Å². The first-order valence-corrected chi connectivity index (χ1v) is 12.7. The van der Waals surface area contributed by atoms with Gasteiger partial charge in [-0.15, -0.1) is 0 Å². The SMILES string of the molecule is CCc1nc2cc(Cl)ccn2c1C(=O)NCc1ccc(N2CCC(c3ccc(C)cc3)CC2)cc1. The first kappa shape index (κ1) is 23.4. The standard InChI is InChI=1S/C29H31ClN4O/c1-3-26-28(34-17-14-24(30)18-27(34)32-26)29(35)31-19-21-6-10-25(11-7-21)33-15-12-23(13-16-33)22-8-4-20(2)5-9-22/h4-11,14,17-18,23H,3,12-13,15-16,19H2,1-2H3,(H,31,35). The highest BCUT2D eigenvalue weighted by molar-refractivity contribution is 6.30. The molecule has 1 aliphatic heterocycles. The molecule has 0 unspecified atom stereocenters. The van der Waals surface area contributed by atoms with Gasteiger partial charge in [0, 0.05) is 42.6 Å². The maximum Gasteiger partial charge on any atom is 0.270 e. The van der Waals surface area contributed by atoms with Crippen LogP contribution in [0, 0.1) is 6.92 Å². The number of pyridine rings is 1. The summed E-state index contributed by atoms with van der Waals surface area (Å²) in [6.07, 6.45) is 4.82. The minimum atomic E-state index is -0.126. The van der Waals surface area contributed by atoms with Crippen LogP contribution >= 0.6 is 11.6 Å². The number of piperidine rings is 1. The molecule has 4 aromatic rings. The number of anilines is 1. The Kier molecular flexibility index (Phi) is 6.78. The van der Waals surface area contributed by atoms with Crippen LogP contribution in [0.5, 0.6) is 0 Å². The molecule has 3 heterocycles. The Balaban J connectivity index is 1.19. The Labute approximate surface area is 211 Å². The number of fused-ring (bicyclic) bond motifs is 1. The van der Waals surface area contributed by atoms with Gasteiger partial charge in [0.25, 0.3) is 5.91 Å². The lowest BCUT2D eigenvalue weighted by Gasteiger charge is -2.34. The molecule has 2 aromatic carbocycles. The molecule has 0 spiro atoms. The van der Waals surface area contributed by atoms with Crippen LogP contribution in [0.2, 0.25) is 5.02 Å². The van der Waals surface area contributed by atoms with Gasteiger partial charge in [0.05, 0.1) is 5.69 Å². The lowest BCUT2D eigenvalue weighted by molar-refractivity contribution is 0.0944. The van der Waals surface area contributed by atoms with E-state index >= 15 is 0 Å². The summed E-state index contributed by atoms with van der Waals surface area (Å²) < 4.78 is 1.81. The van der Waals surface area contributed by atoms with Crippen molar-refractivity contribution in [3.8, 4) is 0 Å². The van der Waals surface area contributed by atoms with Gasteiger partial charge in [-0.05, 0) is 61.4 Å². The number of nitrogens with one attached hydrogen (secondary N) is 1. The Morgan fingerprint density at radius 1 is 1.06 bits per heavy atom. The second-order valence-corrected chi connectivity index (χ2v) is 9.79. The molecule has 0 radical (unpaired) electrons. The number of imidazole rings is 1. The quantitative estimate of drug-likeness (QED) is 0.354. The van der Waals surface area contributed by atoms with E-state index < -0.39 is 0 Å². The molecule has 0 bridgehead atoms. The largest absolute Gasteiger partial charge is 0.371 e. The highest BCUT2D eigenvalue weighted by atomic mass is 35.5. The first-order chi connectivity index (χ1) is 17.0. The Morgan fingerprint density at radius 3 is 2.46 bits per heavy atom. The summed E-state index contributed by atoms with van der Waals surface area (Å²) in [6.45, 7) is 6.74. The van der Waals surface area contributed by atoms with Crippen LogP contribution in [0.3, 0.4) is 0 Å². The summed E-state index contributed by atoms with van der Waals surface area (Å²) in [5.41, 5.74) is 7.13. The maximum atomic E-state index is 13.0. The van der Waals surface area contributed by atoms with Gasteiger partial charge in [-0.1, -0.05) is 60.5 Å². The number of aromatic nitrogens is 2. The van der Waals surface area contributed by atoms with Gasteiger partial charge in [-0.2, -0.15) is 0 Å². The fraction of sp³-hybridized carbons (Fsp3) is 0.310. The van der Waals surface area contributed by atoms with Gasteiger partial charge in [-0.3, -0.25) is 9.20 Å². The zero-order chi connectivity index (χ0) is 24.4. The van der Waals surface area contributed by atoms with Crippen molar-refractivity contribution in [3.05, 3.63) is 100.0 Å². The smallest absolute Gasteiger partial charge is 0.270 e. The predicted molar refractivity (Wildman–Crippen MR) is 143 cm³/mol. The second-order valence-electron chi connectivity index (χ2n) is 9.35. The molecule has 0 saturated carbocycles. The molecule has 1 N–H and O–H groups in total. The second kappa shape index (κ2) is 10.1. The number of halogens is 1. The molecule has 0 atom stereocenters. The van der Waals surface area contributed by atoms with Crippen molar-refractivity contribution in [3.63, 3.8) is 0 Å². The molecule has 1 saturated heterocycles. The highest BCUT2D eigenvalue weighted by Gasteiger charge is 2.21. The molecule has 1 amide bonds. The van der Waals surface area contributed by atoms with E-state index in [1.165, 1.54) is 29.7 Å². The van der Waals surface area contributed by atoms with Crippen molar-refractivity contribution in [2.75, 3.05) is 18.0 Å². The van der Waals surface area contributed by atoms with Gasteiger partial charge in [0.15, 0.2) is 0 Å². The van der Waals surface area contributed by atoms with E-state index in [2.05, 4.69) is 70.7 Å². The van der Waals surface area contributed by atoms with Gasteiger partial charge in [-0.25, -0.2) is 4.98 Å². The molecule has 2 aromatic heterocycles. The number of nitrogens with zero attached hydrogens (tertiary/aromatic N) is 3. The fourth-order valence-electron chi connectivity index (χ4n) is 4.96. The van der Waals surface area contributed by atoms with Crippen molar-refractivity contribution in [2.24, 2.45) is 0 Å². The molecule has 1 fully saturated rings. The van der Waals surface area contributed by atoms with Crippen LogP contribution in [-0.2, 0) is 13.0 Å². The Morgan fingerprint density at radius 2 is 1.77 bits per heavy atom. The number of carbonyl (C=O) groups excluding carboxylic acids is 1. The summed E-state index contributed by atoms with van der Waals surface area (Å²) >= 11 is 6.10. The minimum absolute atomic E-state index is 0.126. The molecular weight excluding hydrogens is 456 g/mol. The zero-order valence-corrected chi connectivity index (χ0v) is 21.1. The average Bonchev–Trinajstić information content (AvgIpc) is 3.26. The van der Waals surface area contributed by atoms with E-state index in [1.807, 2.05) is 11.3 Å². The molecule has 180 valence electrons. The monoisotopic (exact) mass is 486 g/mol. The van der Waals surface area contributed by atoms with E-state index in [-0.39, 0.29) is 5.91 Å². The highest BCUT2D eigenvalue weighted by Crippen LogP contribution is 2.30. The van der Waals surface area contributed by atoms with Crippen LogP contribution in [0.15, 0.2) is 66.9 Å². The molecule has 0 aliphatic carbocycles. The van der Waals surface area contributed by atoms with Crippen molar-refractivity contribution < 1.29 is 4.79 Å². The summed E-state index contributed by atoms with van der Waals surface area (Å²) in [5, 5.41) is 3.67. The van der Waals surface area contributed by atoms with Crippen molar-refractivity contribution in [1.82, 2.24) is 14.7 Å². The number of carbonyl (C=O) groups is 1. The molecule has 6 heteroatoms. The van der Waals surface area contributed by atoms with E-state index in [1.54, 1.807) is 18.3 Å². The number of amides is 1. The molecular formula is C29H31ClN4O. The number of rotatable bonds is 6. The van der Waals surface area contributed by atoms with Crippen LogP contribution in [0.25, 0.3) is 5.65 Å². The number of hydrogen-bond donors (Lipinski definition) is 1. The molecule has 5 nitrogen and oxygen atoms in total. The summed E-state index contributed by atoms with van der Waals surface area (Å²) in [7, 11) is 0. The normalized spacial score (nSPS) is 14.4. The third-order valence-corrected chi connectivity index (χ3v) is 7.24. The molecule has 5 rings (SSSR count). The zero-order valence-electron chi connectivity index (χ0n) is 20.3. The van der Waals surface area contributed by atoms with Gasteiger partial charge in [0.1, 0.15) is 11.3 Å². The van der Waals surface area contributed by atoms with Crippen LogP contribution in [0.1, 0.15) is 58.6 Å². The van der Waals surface area contributed by atoms with Gasteiger partial charge >= 0.3 is 0 Å². The van der Waals surface area contributed by atoms with Gasteiger partial charge < -0.3 is 10.2 Å². The predicted octanol–water partition coefficient (Wildman–Crippen LogP) is 6.17. The van der Waals surface area contributed by atoms with Crippen molar-refractivity contribution >= 4 is 28.8 Å². The summed E-state index contributed by atoms with van der Waals surface area (Å²) in [6, 6.07) is 21.1. The van der Waals surface area contributed by atoms with Crippen LogP contribution in [-0.4, -0.2) is 28.4 Å². The van der Waals surface area contributed by atoms with Crippen LogP contribution in [0.4, 0.5) is 5.69 Å². The van der Waals surface area contributed by atoms with Crippen LogP contribution < -0.4 is 10.2 Å². The van der Waals surface area contributed by atoms with E-state index in [4.69, 9.17) is 11.6 Å². The lowest BCUT2D eigenvalue weighted by Crippen LogP contribution is -2.32. The topological polar surface area (TPSA) is 49.6 Å². The van der Waals surface area contributed by atoms with Crippen molar-refractivity contribution in [2.45, 2.75) is 45.6 Å². The third kappa shape index (κ3) is 5.06. The summed E-state index contributed by atoms with van der Waals surface area (Å²) in [4.78, 5) is 20.1. The van der Waals surface area contributed by atoms with Gasteiger partial charge in [0.2, 0.25) is 0 Å². The minimum Gasteiger partial charge on any atom is -0.371 e. The van der Waals surface area contributed by atoms with E-state index in [0.29, 0.717) is 35.2 Å². The van der Waals surface area contributed by atoms with Crippen molar-refractivity contribution in [1.29, 1.82) is 0 Å². The number of hydrogen-bond acceptors (Lipinski definition) is 3. The molecule has 1 aliphatic rings. The number of aryl methyl sites for hydroxylation is 2.